The van der Waals surface area contributed by atoms with Crippen LogP contribution in [0, 0.1) is 5.41 Å². The first-order chi connectivity index (χ1) is 14.2. The van der Waals surface area contributed by atoms with Crippen LogP contribution < -0.4 is 0 Å². The van der Waals surface area contributed by atoms with Crippen LogP contribution in [0.2, 0.25) is 0 Å². The molecular formula is C25H31N3O. The topological polar surface area (TPSA) is 36.4 Å². The molecule has 2 aliphatic heterocycles. The molecule has 3 heterocycles. The maximum absolute atomic E-state index is 12.7. The van der Waals surface area contributed by atoms with E-state index in [1.54, 1.807) is 18.5 Å². The standard InChI is InChI=1S/C25H31N3O/c29-24(12-11-23-9-4-15-26-19-23)28-18-14-25(21-28)13-6-17-27(20-25)16-5-10-22-7-2-1-3-8-22/h1-4,7-9,11-12,15,19H,5-6,10,13-14,16-18,20-21H2/b12-11+/t25-/m0/s1. The second-order valence-electron chi connectivity index (χ2n) is 8.60. The Hall–Kier alpha value is -2.46. The van der Waals surface area contributed by atoms with Crippen molar-refractivity contribution in [2.75, 3.05) is 32.7 Å². The van der Waals surface area contributed by atoms with E-state index in [2.05, 4.69) is 40.2 Å². The monoisotopic (exact) mass is 389 g/mol. The van der Waals surface area contributed by atoms with E-state index < -0.39 is 0 Å². The number of aromatic nitrogens is 1. The summed E-state index contributed by atoms with van der Waals surface area (Å²) in [6.07, 6.45) is 13.1. The highest BCUT2D eigenvalue weighted by molar-refractivity contribution is 5.92. The molecule has 4 rings (SSSR count). The Balaban J connectivity index is 1.27. The van der Waals surface area contributed by atoms with Crippen molar-refractivity contribution in [2.45, 2.75) is 32.1 Å². The molecule has 4 nitrogen and oxygen atoms in total. The van der Waals surface area contributed by atoms with Crippen molar-refractivity contribution in [2.24, 2.45) is 5.41 Å². The Kier molecular flexibility index (Phi) is 6.40. The van der Waals surface area contributed by atoms with Crippen LogP contribution in [0.3, 0.4) is 0 Å². The first-order valence-electron chi connectivity index (χ1n) is 10.9. The molecule has 0 N–H and O–H groups in total. The number of amides is 1. The normalized spacial score (nSPS) is 22.6. The fourth-order valence-electron chi connectivity index (χ4n) is 4.86. The number of carbonyl (C=O) groups excluding carboxylic acids is 1. The van der Waals surface area contributed by atoms with E-state index in [0.29, 0.717) is 5.41 Å². The lowest BCUT2D eigenvalue weighted by atomic mass is 9.79. The van der Waals surface area contributed by atoms with Crippen LogP contribution in [0.1, 0.15) is 36.8 Å². The lowest BCUT2D eigenvalue weighted by Gasteiger charge is -2.40. The van der Waals surface area contributed by atoms with Gasteiger partial charge < -0.3 is 9.80 Å². The summed E-state index contributed by atoms with van der Waals surface area (Å²) < 4.78 is 0. The van der Waals surface area contributed by atoms with E-state index in [9.17, 15) is 4.79 Å². The highest BCUT2D eigenvalue weighted by atomic mass is 16.2. The van der Waals surface area contributed by atoms with Gasteiger partial charge in [0.15, 0.2) is 0 Å². The van der Waals surface area contributed by atoms with Crippen molar-refractivity contribution in [3.63, 3.8) is 0 Å². The van der Waals surface area contributed by atoms with Crippen molar-refractivity contribution < 1.29 is 4.79 Å². The van der Waals surface area contributed by atoms with Gasteiger partial charge in [-0.2, -0.15) is 0 Å². The van der Waals surface area contributed by atoms with Gasteiger partial charge in [0.05, 0.1) is 0 Å². The lowest BCUT2D eigenvalue weighted by molar-refractivity contribution is -0.125. The molecule has 0 radical (unpaired) electrons. The molecule has 2 aliphatic rings. The van der Waals surface area contributed by atoms with E-state index in [1.165, 1.54) is 31.4 Å². The molecule has 0 aliphatic carbocycles. The number of carbonyl (C=O) groups is 1. The summed E-state index contributed by atoms with van der Waals surface area (Å²) in [6, 6.07) is 14.6. The average Bonchev–Trinajstić information content (AvgIpc) is 3.17. The fraction of sp³-hybridized carbons (Fsp3) is 0.440. The minimum atomic E-state index is 0.131. The van der Waals surface area contributed by atoms with Gasteiger partial charge in [-0.1, -0.05) is 36.4 Å². The molecule has 0 bridgehead atoms. The van der Waals surface area contributed by atoms with Gasteiger partial charge in [-0.05, 0) is 68.5 Å². The van der Waals surface area contributed by atoms with Crippen molar-refractivity contribution in [3.05, 3.63) is 72.1 Å². The number of aryl methyl sites for hydroxylation is 1. The number of likely N-dealkylation sites (tertiary alicyclic amines) is 2. The smallest absolute Gasteiger partial charge is 0.246 e. The summed E-state index contributed by atoms with van der Waals surface area (Å²) in [5.41, 5.74) is 2.69. The molecule has 2 saturated heterocycles. The van der Waals surface area contributed by atoms with Crippen LogP contribution in [-0.2, 0) is 11.2 Å². The Bertz CT molecular complexity index is 820. The van der Waals surface area contributed by atoms with E-state index in [0.717, 1.165) is 44.6 Å². The molecule has 0 saturated carbocycles. The highest BCUT2D eigenvalue weighted by Gasteiger charge is 2.42. The minimum Gasteiger partial charge on any atom is -0.339 e. The van der Waals surface area contributed by atoms with Crippen molar-refractivity contribution in [1.29, 1.82) is 0 Å². The van der Waals surface area contributed by atoms with Gasteiger partial charge in [0.2, 0.25) is 5.91 Å². The van der Waals surface area contributed by atoms with Crippen LogP contribution in [0.5, 0.6) is 0 Å². The van der Waals surface area contributed by atoms with Gasteiger partial charge in [0.1, 0.15) is 0 Å². The molecule has 1 amide bonds. The van der Waals surface area contributed by atoms with E-state index in [-0.39, 0.29) is 5.91 Å². The molecule has 1 aromatic heterocycles. The largest absolute Gasteiger partial charge is 0.339 e. The average molecular weight is 390 g/mol. The van der Waals surface area contributed by atoms with Gasteiger partial charge in [-0.25, -0.2) is 0 Å². The van der Waals surface area contributed by atoms with Gasteiger partial charge in [0, 0.05) is 43.5 Å². The fourth-order valence-corrected chi connectivity index (χ4v) is 4.86. The van der Waals surface area contributed by atoms with Crippen molar-refractivity contribution >= 4 is 12.0 Å². The Morgan fingerprint density at radius 3 is 2.79 bits per heavy atom. The van der Waals surface area contributed by atoms with E-state index >= 15 is 0 Å². The molecule has 4 heteroatoms. The third-order valence-corrected chi connectivity index (χ3v) is 6.38. The zero-order chi connectivity index (χ0) is 19.9. The second kappa shape index (κ2) is 9.36. The first kappa shape index (κ1) is 19.8. The van der Waals surface area contributed by atoms with Crippen LogP contribution in [0.4, 0.5) is 0 Å². The predicted octanol–water partition coefficient (Wildman–Crippen LogP) is 4.04. The summed E-state index contributed by atoms with van der Waals surface area (Å²) in [6.45, 7) is 5.28. The number of benzene rings is 1. The lowest BCUT2D eigenvalue weighted by Crippen LogP contribution is -2.45. The van der Waals surface area contributed by atoms with Gasteiger partial charge in [-0.15, -0.1) is 0 Å². The summed E-state index contributed by atoms with van der Waals surface area (Å²) in [4.78, 5) is 21.4. The number of hydrogen-bond acceptors (Lipinski definition) is 3. The number of rotatable bonds is 6. The Morgan fingerprint density at radius 1 is 1.07 bits per heavy atom. The Morgan fingerprint density at radius 2 is 1.97 bits per heavy atom. The van der Waals surface area contributed by atoms with Gasteiger partial charge in [0.25, 0.3) is 0 Å². The SMILES string of the molecule is O=C(/C=C/c1cccnc1)N1CC[C@]2(CCCN(CCCc3ccccc3)C2)C1. The Labute approximate surface area is 174 Å². The highest BCUT2D eigenvalue weighted by Crippen LogP contribution is 2.39. The molecule has 152 valence electrons. The number of hydrogen-bond donors (Lipinski definition) is 0. The van der Waals surface area contributed by atoms with Crippen LogP contribution in [0.15, 0.2) is 60.9 Å². The van der Waals surface area contributed by atoms with Gasteiger partial charge in [-0.3, -0.25) is 9.78 Å². The first-order valence-corrected chi connectivity index (χ1v) is 10.9. The molecule has 0 unspecified atom stereocenters. The van der Waals surface area contributed by atoms with Crippen LogP contribution >= 0.6 is 0 Å². The second-order valence-corrected chi connectivity index (χ2v) is 8.60. The third-order valence-electron chi connectivity index (χ3n) is 6.38. The minimum absolute atomic E-state index is 0.131. The molecule has 2 aromatic rings. The molecule has 29 heavy (non-hydrogen) atoms. The quantitative estimate of drug-likeness (QED) is 0.700. The molecular weight excluding hydrogens is 358 g/mol. The molecule has 2 fully saturated rings. The number of nitrogens with zero attached hydrogens (tertiary/aromatic N) is 3. The number of piperidine rings is 1. The summed E-state index contributed by atoms with van der Waals surface area (Å²) in [5.74, 6) is 0.131. The van der Waals surface area contributed by atoms with E-state index in [4.69, 9.17) is 0 Å². The van der Waals surface area contributed by atoms with Gasteiger partial charge >= 0.3 is 0 Å². The zero-order valence-corrected chi connectivity index (χ0v) is 17.2. The zero-order valence-electron chi connectivity index (χ0n) is 17.2. The molecule has 1 aromatic carbocycles. The van der Waals surface area contributed by atoms with Crippen LogP contribution in [0.25, 0.3) is 6.08 Å². The number of pyridine rings is 1. The summed E-state index contributed by atoms with van der Waals surface area (Å²) in [7, 11) is 0. The maximum Gasteiger partial charge on any atom is 0.246 e. The predicted molar refractivity (Wildman–Crippen MR) is 117 cm³/mol. The third kappa shape index (κ3) is 5.33. The summed E-state index contributed by atoms with van der Waals surface area (Å²) >= 11 is 0. The molecule has 1 spiro atoms. The van der Waals surface area contributed by atoms with E-state index in [1.807, 2.05) is 23.1 Å². The van der Waals surface area contributed by atoms with Crippen LogP contribution in [-0.4, -0.2) is 53.4 Å². The van der Waals surface area contributed by atoms with Crippen molar-refractivity contribution in [3.8, 4) is 0 Å². The maximum atomic E-state index is 12.7. The summed E-state index contributed by atoms with van der Waals surface area (Å²) in [5, 5.41) is 0. The van der Waals surface area contributed by atoms with Crippen molar-refractivity contribution in [1.82, 2.24) is 14.8 Å². The molecule has 1 atom stereocenters.